The summed E-state index contributed by atoms with van der Waals surface area (Å²) in [7, 11) is 0. The van der Waals surface area contributed by atoms with Crippen LogP contribution in [0.4, 0.5) is 0 Å². The van der Waals surface area contributed by atoms with E-state index in [0.29, 0.717) is 12.2 Å². The van der Waals surface area contributed by atoms with Gasteiger partial charge in [0.25, 0.3) is 0 Å². The molecule has 0 radical (unpaired) electrons. The van der Waals surface area contributed by atoms with E-state index in [1.54, 1.807) is 0 Å². The number of morpholine rings is 1. The minimum Gasteiger partial charge on any atom is -0.373 e. The lowest BCUT2D eigenvalue weighted by atomic mass is 10.1. The van der Waals surface area contributed by atoms with Crippen molar-refractivity contribution in [1.82, 2.24) is 10.2 Å². The fourth-order valence-electron chi connectivity index (χ4n) is 2.66. The van der Waals surface area contributed by atoms with Gasteiger partial charge in [0, 0.05) is 25.7 Å². The monoisotopic (exact) mass is 198 g/mol. The Morgan fingerprint density at radius 1 is 1.29 bits per heavy atom. The minimum absolute atomic E-state index is 0.403. The second-order valence-corrected chi connectivity index (χ2v) is 4.77. The molecule has 14 heavy (non-hydrogen) atoms. The van der Waals surface area contributed by atoms with Crippen molar-refractivity contribution in [3.05, 3.63) is 0 Å². The largest absolute Gasteiger partial charge is 0.373 e. The molecular formula is C11H22N2O. The van der Waals surface area contributed by atoms with Crippen molar-refractivity contribution in [3.63, 3.8) is 0 Å². The Morgan fingerprint density at radius 2 is 2.00 bits per heavy atom. The Bertz CT molecular complexity index is 170. The summed E-state index contributed by atoms with van der Waals surface area (Å²) < 4.78 is 5.72. The molecular weight excluding hydrogens is 176 g/mol. The van der Waals surface area contributed by atoms with Gasteiger partial charge in [-0.05, 0) is 33.2 Å². The van der Waals surface area contributed by atoms with Gasteiger partial charge in [-0.2, -0.15) is 0 Å². The molecule has 2 saturated heterocycles. The van der Waals surface area contributed by atoms with Crippen molar-refractivity contribution in [2.45, 2.75) is 44.9 Å². The molecule has 2 aliphatic heterocycles. The summed E-state index contributed by atoms with van der Waals surface area (Å²) in [5.41, 5.74) is 0. The normalized spacial score (nSPS) is 40.3. The van der Waals surface area contributed by atoms with E-state index in [0.717, 1.165) is 19.1 Å². The molecule has 0 spiro atoms. The van der Waals surface area contributed by atoms with Gasteiger partial charge in [-0.25, -0.2) is 0 Å². The maximum absolute atomic E-state index is 5.72. The third kappa shape index (κ3) is 2.69. The highest BCUT2D eigenvalue weighted by atomic mass is 16.5. The Morgan fingerprint density at radius 3 is 2.57 bits per heavy atom. The van der Waals surface area contributed by atoms with Gasteiger partial charge < -0.3 is 10.1 Å². The summed E-state index contributed by atoms with van der Waals surface area (Å²) in [6.07, 6.45) is 3.50. The van der Waals surface area contributed by atoms with E-state index >= 15 is 0 Å². The highest BCUT2D eigenvalue weighted by Crippen LogP contribution is 2.13. The highest BCUT2D eigenvalue weighted by Gasteiger charge is 2.25. The molecule has 0 bridgehead atoms. The molecule has 2 heterocycles. The van der Waals surface area contributed by atoms with Gasteiger partial charge in [-0.1, -0.05) is 0 Å². The van der Waals surface area contributed by atoms with Crippen molar-refractivity contribution >= 4 is 0 Å². The quantitative estimate of drug-likeness (QED) is 0.712. The standard InChI is InChI=1S/C11H22N2O/c1-9-6-13(7-10(2)14-9)8-11-4-3-5-12-11/h9-12H,3-8H2,1-2H3/t9-,10-,11-/m0/s1. The molecule has 0 aromatic heterocycles. The van der Waals surface area contributed by atoms with Crippen LogP contribution in [0, 0.1) is 0 Å². The number of rotatable bonds is 2. The molecule has 3 atom stereocenters. The van der Waals surface area contributed by atoms with Gasteiger partial charge in [-0.15, -0.1) is 0 Å². The van der Waals surface area contributed by atoms with Crippen LogP contribution in [-0.2, 0) is 4.74 Å². The molecule has 0 unspecified atom stereocenters. The summed E-state index contributed by atoms with van der Waals surface area (Å²) in [5, 5.41) is 3.55. The molecule has 2 fully saturated rings. The summed E-state index contributed by atoms with van der Waals surface area (Å²) in [6.45, 7) is 8.96. The van der Waals surface area contributed by atoms with Crippen LogP contribution < -0.4 is 5.32 Å². The van der Waals surface area contributed by atoms with Crippen molar-refractivity contribution in [2.24, 2.45) is 0 Å². The van der Waals surface area contributed by atoms with Crippen LogP contribution in [0.25, 0.3) is 0 Å². The molecule has 0 aliphatic carbocycles. The third-order valence-corrected chi connectivity index (χ3v) is 3.14. The first-order valence-electron chi connectivity index (χ1n) is 5.85. The van der Waals surface area contributed by atoms with Crippen LogP contribution in [0.3, 0.4) is 0 Å². The van der Waals surface area contributed by atoms with Gasteiger partial charge in [0.2, 0.25) is 0 Å². The predicted molar refractivity (Wildman–Crippen MR) is 57.5 cm³/mol. The molecule has 3 nitrogen and oxygen atoms in total. The lowest BCUT2D eigenvalue weighted by Gasteiger charge is -2.36. The van der Waals surface area contributed by atoms with Crippen molar-refractivity contribution in [3.8, 4) is 0 Å². The lowest BCUT2D eigenvalue weighted by molar-refractivity contribution is -0.0694. The molecule has 0 saturated carbocycles. The van der Waals surface area contributed by atoms with E-state index in [2.05, 4.69) is 24.1 Å². The van der Waals surface area contributed by atoms with Crippen LogP contribution in [-0.4, -0.2) is 49.3 Å². The van der Waals surface area contributed by atoms with E-state index in [4.69, 9.17) is 4.74 Å². The number of nitrogens with one attached hydrogen (secondary N) is 1. The van der Waals surface area contributed by atoms with Gasteiger partial charge in [-0.3, -0.25) is 4.90 Å². The summed E-state index contributed by atoms with van der Waals surface area (Å²) in [4.78, 5) is 2.54. The molecule has 0 amide bonds. The van der Waals surface area contributed by atoms with Crippen molar-refractivity contribution < 1.29 is 4.74 Å². The smallest absolute Gasteiger partial charge is 0.0678 e. The summed E-state index contributed by atoms with van der Waals surface area (Å²) in [6, 6.07) is 0.729. The van der Waals surface area contributed by atoms with Gasteiger partial charge >= 0.3 is 0 Å². The average Bonchev–Trinajstić information content (AvgIpc) is 2.54. The van der Waals surface area contributed by atoms with E-state index < -0.39 is 0 Å². The van der Waals surface area contributed by atoms with Crippen LogP contribution >= 0.6 is 0 Å². The molecule has 2 rings (SSSR count). The predicted octanol–water partition coefficient (Wildman–Crippen LogP) is 0.848. The second kappa shape index (κ2) is 4.60. The Balaban J connectivity index is 1.78. The number of ether oxygens (including phenoxy) is 1. The molecule has 82 valence electrons. The first-order valence-corrected chi connectivity index (χ1v) is 5.85. The van der Waals surface area contributed by atoms with Crippen LogP contribution in [0.15, 0.2) is 0 Å². The molecule has 1 N–H and O–H groups in total. The fourth-order valence-corrected chi connectivity index (χ4v) is 2.66. The molecule has 0 aromatic carbocycles. The van der Waals surface area contributed by atoms with Gasteiger partial charge in [0.15, 0.2) is 0 Å². The Kier molecular flexibility index (Phi) is 3.42. The minimum atomic E-state index is 0.403. The SMILES string of the molecule is C[C@H]1CN(C[C@@H]2CCCN2)C[C@H](C)O1. The average molecular weight is 198 g/mol. The van der Waals surface area contributed by atoms with E-state index in [-0.39, 0.29) is 0 Å². The molecule has 2 aliphatic rings. The summed E-state index contributed by atoms with van der Waals surface area (Å²) >= 11 is 0. The van der Waals surface area contributed by atoms with Gasteiger partial charge in [0.05, 0.1) is 12.2 Å². The van der Waals surface area contributed by atoms with Crippen molar-refractivity contribution in [2.75, 3.05) is 26.2 Å². The maximum Gasteiger partial charge on any atom is 0.0678 e. The highest BCUT2D eigenvalue weighted by molar-refractivity contribution is 4.81. The summed E-state index contributed by atoms with van der Waals surface area (Å²) in [5.74, 6) is 0. The Hall–Kier alpha value is -0.120. The number of hydrogen-bond acceptors (Lipinski definition) is 3. The van der Waals surface area contributed by atoms with E-state index in [1.807, 2.05) is 0 Å². The first kappa shape index (κ1) is 10.4. The molecule has 3 heteroatoms. The fraction of sp³-hybridized carbons (Fsp3) is 1.00. The lowest BCUT2D eigenvalue weighted by Crippen LogP contribution is -2.49. The first-order chi connectivity index (χ1) is 6.74. The van der Waals surface area contributed by atoms with Crippen LogP contribution in [0.2, 0.25) is 0 Å². The zero-order chi connectivity index (χ0) is 9.97. The number of hydrogen-bond donors (Lipinski definition) is 1. The topological polar surface area (TPSA) is 24.5 Å². The number of nitrogens with zero attached hydrogens (tertiary/aromatic N) is 1. The van der Waals surface area contributed by atoms with E-state index in [1.165, 1.54) is 25.9 Å². The maximum atomic E-state index is 5.72. The van der Waals surface area contributed by atoms with Gasteiger partial charge in [0.1, 0.15) is 0 Å². The third-order valence-electron chi connectivity index (χ3n) is 3.14. The van der Waals surface area contributed by atoms with Crippen LogP contribution in [0.5, 0.6) is 0 Å². The van der Waals surface area contributed by atoms with Crippen molar-refractivity contribution in [1.29, 1.82) is 0 Å². The zero-order valence-corrected chi connectivity index (χ0v) is 9.33. The molecule has 0 aromatic rings. The van der Waals surface area contributed by atoms with Crippen LogP contribution in [0.1, 0.15) is 26.7 Å². The second-order valence-electron chi connectivity index (χ2n) is 4.77. The Labute approximate surface area is 86.8 Å². The van der Waals surface area contributed by atoms with E-state index in [9.17, 15) is 0 Å². The zero-order valence-electron chi connectivity index (χ0n) is 9.33.